The van der Waals surface area contributed by atoms with Crippen LogP contribution in [0.2, 0.25) is 0 Å². The van der Waals surface area contributed by atoms with Crippen molar-refractivity contribution in [2.24, 2.45) is 5.92 Å². The maximum Gasteiger partial charge on any atom is 0.230 e. The van der Waals surface area contributed by atoms with Gasteiger partial charge in [0.2, 0.25) is 5.95 Å². The van der Waals surface area contributed by atoms with Crippen molar-refractivity contribution in [2.45, 2.75) is 51.3 Å². The molecule has 0 aromatic carbocycles. The van der Waals surface area contributed by atoms with E-state index in [1.807, 2.05) is 30.7 Å². The molecule has 8 nitrogen and oxygen atoms in total. The van der Waals surface area contributed by atoms with Gasteiger partial charge in [-0.25, -0.2) is 9.97 Å². The lowest BCUT2D eigenvalue weighted by Crippen LogP contribution is -2.29. The van der Waals surface area contributed by atoms with Gasteiger partial charge in [-0.2, -0.15) is 4.98 Å². The van der Waals surface area contributed by atoms with Crippen molar-refractivity contribution in [2.75, 3.05) is 11.9 Å². The van der Waals surface area contributed by atoms with E-state index in [0.29, 0.717) is 30.0 Å². The highest BCUT2D eigenvalue weighted by atomic mass is 16.3. The third-order valence-electron chi connectivity index (χ3n) is 6.92. The Morgan fingerprint density at radius 3 is 2.81 bits per heavy atom. The highest BCUT2D eigenvalue weighted by Gasteiger charge is 2.25. The van der Waals surface area contributed by atoms with Crippen molar-refractivity contribution < 1.29 is 5.11 Å². The largest absolute Gasteiger partial charge is 0.385 e. The molecule has 32 heavy (non-hydrogen) atoms. The average Bonchev–Trinajstić information content (AvgIpc) is 3.14. The molecular weight excluding hydrogens is 402 g/mol. The van der Waals surface area contributed by atoms with Gasteiger partial charge in [0.25, 0.3) is 0 Å². The molecule has 1 aliphatic carbocycles. The molecule has 0 radical (unpaired) electrons. The number of aliphatic hydroxyl groups is 1. The molecule has 0 bridgehead atoms. The molecule has 0 amide bonds. The van der Waals surface area contributed by atoms with Crippen molar-refractivity contribution in [1.29, 1.82) is 0 Å². The number of pyridine rings is 2. The summed E-state index contributed by atoms with van der Waals surface area (Å²) in [6, 6.07) is 6.37. The zero-order valence-electron chi connectivity index (χ0n) is 18.1. The first-order valence-electron chi connectivity index (χ1n) is 11.4. The van der Waals surface area contributed by atoms with E-state index in [4.69, 9.17) is 4.98 Å². The predicted molar refractivity (Wildman–Crippen MR) is 124 cm³/mol. The first kappa shape index (κ1) is 19.6. The second kappa shape index (κ2) is 7.79. The van der Waals surface area contributed by atoms with Crippen LogP contribution in [0.4, 0.5) is 11.8 Å². The number of aromatic nitrogens is 5. The molecule has 3 N–H and O–H groups in total. The first-order chi connectivity index (χ1) is 15.7. The second-order valence-corrected chi connectivity index (χ2v) is 9.12. The van der Waals surface area contributed by atoms with E-state index < -0.39 is 6.10 Å². The van der Waals surface area contributed by atoms with Crippen molar-refractivity contribution in [3.05, 3.63) is 48.0 Å². The number of nitrogens with one attached hydrogen (secondary N) is 2. The molecular formula is C24H27N7O. The van der Waals surface area contributed by atoms with Crippen LogP contribution in [0.3, 0.4) is 0 Å². The Bertz CT molecular complexity index is 1290. The number of anilines is 2. The van der Waals surface area contributed by atoms with E-state index in [-0.39, 0.29) is 0 Å². The van der Waals surface area contributed by atoms with Gasteiger partial charge in [0.15, 0.2) is 0 Å². The van der Waals surface area contributed by atoms with Crippen LogP contribution in [-0.4, -0.2) is 36.2 Å². The Morgan fingerprint density at radius 1 is 1.06 bits per heavy atom. The van der Waals surface area contributed by atoms with Gasteiger partial charge in [0.1, 0.15) is 17.6 Å². The van der Waals surface area contributed by atoms with Gasteiger partial charge in [-0.15, -0.1) is 0 Å². The molecule has 5 heterocycles. The lowest BCUT2D eigenvalue weighted by molar-refractivity contribution is 0.160. The highest BCUT2D eigenvalue weighted by molar-refractivity contribution is 6.06. The lowest BCUT2D eigenvalue weighted by atomic mass is 9.87. The number of aliphatic hydroxyl groups excluding tert-OH is 1. The summed E-state index contributed by atoms with van der Waals surface area (Å²) in [5.74, 6) is 1.93. The molecule has 4 aromatic rings. The number of hydrogen-bond acceptors (Lipinski definition) is 7. The lowest BCUT2D eigenvalue weighted by Gasteiger charge is -2.28. The minimum atomic E-state index is -0.604. The van der Waals surface area contributed by atoms with Crippen LogP contribution in [0.15, 0.2) is 36.8 Å². The van der Waals surface area contributed by atoms with E-state index >= 15 is 0 Å². The number of nitrogens with zero attached hydrogens (tertiary/aromatic N) is 5. The van der Waals surface area contributed by atoms with Crippen LogP contribution >= 0.6 is 0 Å². The van der Waals surface area contributed by atoms with Gasteiger partial charge in [0.05, 0.1) is 17.4 Å². The number of hydrogen-bond donors (Lipinski definition) is 3. The molecule has 2 aliphatic rings. The number of β-amino-alcohol motifs (C(OH)–C–C–N with tert-alkyl or cyclic N) is 1. The number of fused-ring (bicyclic) bond motifs is 4. The van der Waals surface area contributed by atoms with E-state index in [1.165, 1.54) is 12.8 Å². The molecule has 6 rings (SSSR count). The highest BCUT2D eigenvalue weighted by Crippen LogP contribution is 2.38. The summed E-state index contributed by atoms with van der Waals surface area (Å²) < 4.78 is 2.37. The van der Waals surface area contributed by atoms with Crippen molar-refractivity contribution in [1.82, 2.24) is 29.8 Å². The predicted octanol–water partition coefficient (Wildman–Crippen LogP) is 4.01. The quantitative estimate of drug-likeness (QED) is 0.452. The Labute approximate surface area is 186 Å². The smallest absolute Gasteiger partial charge is 0.230 e. The molecule has 0 unspecified atom stereocenters. The van der Waals surface area contributed by atoms with Crippen LogP contribution in [0, 0.1) is 5.92 Å². The molecule has 4 aromatic heterocycles. The Hall–Kier alpha value is -3.10. The third kappa shape index (κ3) is 3.30. The Kier molecular flexibility index (Phi) is 4.77. The standard InChI is InChI=1S/C24H27N7O/c1-14-2-5-16(6-3-14)31-19-12-25-9-8-17(19)18-11-27-24(30-23(18)31)29-21-7-4-15-10-26-13-20(32)22(15)28-21/h4,7-9,11-12,14,16,20,26,32H,2-3,5-6,10,13H2,1H3,(H,27,28,29,30)/t14-,16-,20-/m0/s1. The van der Waals surface area contributed by atoms with Crippen LogP contribution in [0.1, 0.15) is 56.0 Å². The fraction of sp³-hybridized carbons (Fsp3) is 0.417. The first-order valence-corrected chi connectivity index (χ1v) is 11.4. The molecule has 8 heteroatoms. The van der Waals surface area contributed by atoms with E-state index in [2.05, 4.69) is 43.1 Å². The van der Waals surface area contributed by atoms with Gasteiger partial charge >= 0.3 is 0 Å². The summed E-state index contributed by atoms with van der Waals surface area (Å²) in [5, 5.41) is 18.9. The monoisotopic (exact) mass is 429 g/mol. The fourth-order valence-corrected chi connectivity index (χ4v) is 5.16. The maximum atomic E-state index is 10.3. The second-order valence-electron chi connectivity index (χ2n) is 9.12. The van der Waals surface area contributed by atoms with Crippen LogP contribution in [0.25, 0.3) is 21.9 Å². The van der Waals surface area contributed by atoms with Crippen LogP contribution in [0.5, 0.6) is 0 Å². The minimum Gasteiger partial charge on any atom is -0.385 e. The van der Waals surface area contributed by atoms with Crippen molar-refractivity contribution in [3.63, 3.8) is 0 Å². The van der Waals surface area contributed by atoms with Gasteiger partial charge in [-0.3, -0.25) is 4.98 Å². The van der Waals surface area contributed by atoms with Gasteiger partial charge < -0.3 is 20.3 Å². The average molecular weight is 430 g/mol. The topological polar surface area (TPSA) is 101 Å². The fourth-order valence-electron chi connectivity index (χ4n) is 5.16. The Balaban J connectivity index is 1.41. The molecule has 0 spiro atoms. The van der Waals surface area contributed by atoms with Gasteiger partial charge in [0, 0.05) is 42.3 Å². The van der Waals surface area contributed by atoms with Gasteiger partial charge in [-0.1, -0.05) is 13.0 Å². The summed E-state index contributed by atoms with van der Waals surface area (Å²) in [4.78, 5) is 18.5. The zero-order valence-corrected chi connectivity index (χ0v) is 18.1. The molecule has 0 saturated heterocycles. The summed E-state index contributed by atoms with van der Waals surface area (Å²) >= 11 is 0. The molecule has 1 fully saturated rings. The summed E-state index contributed by atoms with van der Waals surface area (Å²) in [6.45, 7) is 3.57. The Morgan fingerprint density at radius 2 is 1.94 bits per heavy atom. The molecule has 164 valence electrons. The third-order valence-corrected chi connectivity index (χ3v) is 6.92. The molecule has 1 saturated carbocycles. The number of rotatable bonds is 3. The summed E-state index contributed by atoms with van der Waals surface area (Å²) in [5.41, 5.74) is 3.79. The van der Waals surface area contributed by atoms with Crippen LogP contribution in [-0.2, 0) is 6.54 Å². The van der Waals surface area contributed by atoms with Gasteiger partial charge in [-0.05, 0) is 49.3 Å². The summed E-state index contributed by atoms with van der Waals surface area (Å²) in [7, 11) is 0. The van der Waals surface area contributed by atoms with E-state index in [9.17, 15) is 5.11 Å². The van der Waals surface area contributed by atoms with Crippen molar-refractivity contribution in [3.8, 4) is 0 Å². The SMILES string of the molecule is C[C@H]1CC[C@H](n2c3cnccc3c3cnc(Nc4ccc5c(n4)[C@@H](O)CNC5)nc32)CC1. The van der Waals surface area contributed by atoms with Crippen molar-refractivity contribution >= 4 is 33.7 Å². The van der Waals surface area contributed by atoms with E-state index in [1.54, 1.807) is 0 Å². The zero-order chi connectivity index (χ0) is 21.7. The molecule has 1 atom stereocenters. The van der Waals surface area contributed by atoms with Crippen LogP contribution < -0.4 is 10.6 Å². The molecule has 1 aliphatic heterocycles. The summed E-state index contributed by atoms with van der Waals surface area (Å²) in [6.07, 6.45) is 9.84. The van der Waals surface area contributed by atoms with E-state index in [0.717, 1.165) is 52.8 Å². The maximum absolute atomic E-state index is 10.3. The normalized spacial score (nSPS) is 23.4. The minimum absolute atomic E-state index is 0.419.